The normalized spacial score (nSPS) is 9.88. The third kappa shape index (κ3) is 3.93. The SMILES string of the molecule is CCCCCOC(=O)c1ccc(OC)cc1. The molecule has 0 fully saturated rings. The Labute approximate surface area is 96.4 Å². The van der Waals surface area contributed by atoms with E-state index in [0.717, 1.165) is 25.0 Å². The minimum absolute atomic E-state index is 0.265. The van der Waals surface area contributed by atoms with Crippen molar-refractivity contribution in [2.24, 2.45) is 0 Å². The molecule has 1 aromatic rings. The number of unbranched alkanes of at least 4 members (excludes halogenated alkanes) is 2. The Morgan fingerprint density at radius 3 is 2.44 bits per heavy atom. The number of rotatable bonds is 6. The predicted molar refractivity (Wildman–Crippen MR) is 62.8 cm³/mol. The first-order valence-corrected chi connectivity index (χ1v) is 5.59. The lowest BCUT2D eigenvalue weighted by molar-refractivity contribution is 0.0498. The van der Waals surface area contributed by atoms with Gasteiger partial charge in [-0.05, 0) is 30.7 Å². The molecule has 0 saturated carbocycles. The van der Waals surface area contributed by atoms with Crippen LogP contribution in [0.1, 0.15) is 36.5 Å². The molecule has 0 heterocycles. The van der Waals surface area contributed by atoms with E-state index in [-0.39, 0.29) is 5.97 Å². The molecule has 1 aromatic carbocycles. The highest BCUT2D eigenvalue weighted by Gasteiger charge is 2.06. The Balaban J connectivity index is 2.40. The molecule has 0 unspecified atom stereocenters. The van der Waals surface area contributed by atoms with Gasteiger partial charge in [-0.2, -0.15) is 0 Å². The van der Waals surface area contributed by atoms with Crippen LogP contribution in [-0.2, 0) is 4.74 Å². The molecule has 1 rings (SSSR count). The molecule has 88 valence electrons. The standard InChI is InChI=1S/C13H18O3/c1-3-4-5-10-16-13(14)11-6-8-12(15-2)9-7-11/h6-9H,3-5,10H2,1-2H3. The van der Waals surface area contributed by atoms with E-state index in [9.17, 15) is 4.79 Å². The number of hydrogen-bond donors (Lipinski definition) is 0. The van der Waals surface area contributed by atoms with E-state index in [4.69, 9.17) is 9.47 Å². The van der Waals surface area contributed by atoms with E-state index in [1.54, 1.807) is 31.4 Å². The number of benzene rings is 1. The summed E-state index contributed by atoms with van der Waals surface area (Å²) in [5.74, 6) is 0.473. The quantitative estimate of drug-likeness (QED) is 0.548. The molecule has 0 saturated heterocycles. The minimum atomic E-state index is -0.265. The van der Waals surface area contributed by atoms with Crippen molar-refractivity contribution in [1.82, 2.24) is 0 Å². The Hall–Kier alpha value is -1.51. The number of carbonyl (C=O) groups excluding carboxylic acids is 1. The van der Waals surface area contributed by atoms with Gasteiger partial charge in [-0.1, -0.05) is 19.8 Å². The van der Waals surface area contributed by atoms with Gasteiger partial charge in [0.15, 0.2) is 0 Å². The predicted octanol–water partition coefficient (Wildman–Crippen LogP) is 3.04. The van der Waals surface area contributed by atoms with Crippen LogP contribution in [-0.4, -0.2) is 19.7 Å². The van der Waals surface area contributed by atoms with Crippen LogP contribution in [0, 0.1) is 0 Å². The average Bonchev–Trinajstić information content (AvgIpc) is 2.34. The molecule has 0 bridgehead atoms. The highest BCUT2D eigenvalue weighted by atomic mass is 16.5. The van der Waals surface area contributed by atoms with Crippen LogP contribution in [0.5, 0.6) is 5.75 Å². The molecule has 0 N–H and O–H groups in total. The van der Waals surface area contributed by atoms with Crippen molar-refractivity contribution in [2.45, 2.75) is 26.2 Å². The summed E-state index contributed by atoms with van der Waals surface area (Å²) in [7, 11) is 1.60. The summed E-state index contributed by atoms with van der Waals surface area (Å²) in [5.41, 5.74) is 0.567. The van der Waals surface area contributed by atoms with E-state index in [1.165, 1.54) is 0 Å². The van der Waals surface area contributed by atoms with Crippen LogP contribution in [0.3, 0.4) is 0 Å². The molecule has 0 aliphatic carbocycles. The molecule has 3 nitrogen and oxygen atoms in total. The van der Waals surface area contributed by atoms with Crippen molar-refractivity contribution < 1.29 is 14.3 Å². The topological polar surface area (TPSA) is 35.5 Å². The first kappa shape index (κ1) is 12.6. The van der Waals surface area contributed by atoms with E-state index in [1.807, 2.05) is 0 Å². The molecule has 16 heavy (non-hydrogen) atoms. The van der Waals surface area contributed by atoms with Crippen molar-refractivity contribution in [3.05, 3.63) is 29.8 Å². The maximum Gasteiger partial charge on any atom is 0.338 e. The molecular weight excluding hydrogens is 204 g/mol. The van der Waals surface area contributed by atoms with Crippen LogP contribution in [0.15, 0.2) is 24.3 Å². The highest BCUT2D eigenvalue weighted by Crippen LogP contribution is 2.12. The Bertz CT molecular complexity index is 316. The summed E-state index contributed by atoms with van der Waals surface area (Å²) in [6.45, 7) is 2.62. The first-order chi connectivity index (χ1) is 7.77. The van der Waals surface area contributed by atoms with Gasteiger partial charge >= 0.3 is 5.97 Å². The van der Waals surface area contributed by atoms with E-state index >= 15 is 0 Å². The van der Waals surface area contributed by atoms with E-state index < -0.39 is 0 Å². The van der Waals surface area contributed by atoms with E-state index in [0.29, 0.717) is 12.2 Å². The second-order valence-corrected chi connectivity index (χ2v) is 3.57. The van der Waals surface area contributed by atoms with Gasteiger partial charge in [-0.3, -0.25) is 0 Å². The molecule has 0 aliphatic heterocycles. The smallest absolute Gasteiger partial charge is 0.338 e. The molecular formula is C13H18O3. The van der Waals surface area contributed by atoms with Crippen LogP contribution in [0.2, 0.25) is 0 Å². The second-order valence-electron chi connectivity index (χ2n) is 3.57. The first-order valence-electron chi connectivity index (χ1n) is 5.59. The lowest BCUT2D eigenvalue weighted by atomic mass is 10.2. The summed E-state index contributed by atoms with van der Waals surface area (Å²) in [4.78, 5) is 11.5. The zero-order chi connectivity index (χ0) is 11.8. The highest BCUT2D eigenvalue weighted by molar-refractivity contribution is 5.89. The summed E-state index contributed by atoms with van der Waals surface area (Å²) in [5, 5.41) is 0. The van der Waals surface area contributed by atoms with Crippen molar-refractivity contribution in [3.63, 3.8) is 0 Å². The van der Waals surface area contributed by atoms with E-state index in [2.05, 4.69) is 6.92 Å². The third-order valence-electron chi connectivity index (χ3n) is 2.31. The third-order valence-corrected chi connectivity index (χ3v) is 2.31. The van der Waals surface area contributed by atoms with Gasteiger partial charge in [0.1, 0.15) is 5.75 Å². The van der Waals surface area contributed by atoms with Crippen molar-refractivity contribution in [1.29, 1.82) is 0 Å². The average molecular weight is 222 g/mol. The summed E-state index contributed by atoms with van der Waals surface area (Å²) >= 11 is 0. The Morgan fingerprint density at radius 2 is 1.88 bits per heavy atom. The van der Waals surface area contributed by atoms with Gasteiger partial charge in [-0.25, -0.2) is 4.79 Å². The van der Waals surface area contributed by atoms with Gasteiger partial charge in [0.2, 0.25) is 0 Å². The van der Waals surface area contributed by atoms with Gasteiger partial charge in [0, 0.05) is 0 Å². The zero-order valence-corrected chi connectivity index (χ0v) is 9.86. The lowest BCUT2D eigenvalue weighted by Crippen LogP contribution is -2.06. The number of methoxy groups -OCH3 is 1. The van der Waals surface area contributed by atoms with Gasteiger partial charge in [0.05, 0.1) is 19.3 Å². The van der Waals surface area contributed by atoms with Crippen LogP contribution >= 0.6 is 0 Å². The number of ether oxygens (including phenoxy) is 2. The molecule has 0 atom stereocenters. The van der Waals surface area contributed by atoms with Gasteiger partial charge < -0.3 is 9.47 Å². The van der Waals surface area contributed by atoms with Crippen LogP contribution in [0.4, 0.5) is 0 Å². The number of carbonyl (C=O) groups is 1. The largest absolute Gasteiger partial charge is 0.497 e. The fourth-order valence-corrected chi connectivity index (χ4v) is 1.33. The van der Waals surface area contributed by atoms with Gasteiger partial charge in [0.25, 0.3) is 0 Å². The minimum Gasteiger partial charge on any atom is -0.497 e. The van der Waals surface area contributed by atoms with Crippen molar-refractivity contribution in [2.75, 3.05) is 13.7 Å². The molecule has 0 aliphatic rings. The monoisotopic (exact) mass is 222 g/mol. The summed E-state index contributed by atoms with van der Waals surface area (Å²) in [6.07, 6.45) is 3.15. The maximum absolute atomic E-state index is 11.5. The molecule has 0 aromatic heterocycles. The molecule has 0 spiro atoms. The van der Waals surface area contributed by atoms with Crippen LogP contribution < -0.4 is 4.74 Å². The van der Waals surface area contributed by atoms with Gasteiger partial charge in [-0.15, -0.1) is 0 Å². The summed E-state index contributed by atoms with van der Waals surface area (Å²) in [6, 6.07) is 6.92. The lowest BCUT2D eigenvalue weighted by Gasteiger charge is -2.05. The Morgan fingerprint density at radius 1 is 1.19 bits per heavy atom. The summed E-state index contributed by atoms with van der Waals surface area (Å²) < 4.78 is 10.1. The zero-order valence-electron chi connectivity index (χ0n) is 9.86. The fourth-order valence-electron chi connectivity index (χ4n) is 1.33. The number of esters is 1. The number of hydrogen-bond acceptors (Lipinski definition) is 3. The second kappa shape index (κ2) is 6.88. The van der Waals surface area contributed by atoms with Crippen molar-refractivity contribution >= 4 is 5.97 Å². The fraction of sp³-hybridized carbons (Fsp3) is 0.462. The molecule has 0 radical (unpaired) electrons. The van der Waals surface area contributed by atoms with Crippen LogP contribution in [0.25, 0.3) is 0 Å². The van der Waals surface area contributed by atoms with Crippen molar-refractivity contribution in [3.8, 4) is 5.75 Å². The molecule has 3 heteroatoms. The Kier molecular flexibility index (Phi) is 5.40. The molecule has 0 amide bonds. The maximum atomic E-state index is 11.5.